The maximum absolute atomic E-state index is 11.5. The molecule has 14 heavy (non-hydrogen) atoms. The maximum Gasteiger partial charge on any atom is 0.266 e. The van der Waals surface area contributed by atoms with E-state index in [1.807, 2.05) is 0 Å². The summed E-state index contributed by atoms with van der Waals surface area (Å²) in [6.07, 6.45) is 3.16. The van der Waals surface area contributed by atoms with Crippen molar-refractivity contribution in [1.82, 2.24) is 4.57 Å². The fraction of sp³-hybridized carbons (Fsp3) is 0.222. The monoisotopic (exact) mass is 258 g/mol. The lowest BCUT2D eigenvalue weighted by Crippen LogP contribution is -2.22. The zero-order valence-corrected chi connectivity index (χ0v) is 9.16. The second kappa shape index (κ2) is 4.97. The molecule has 0 amide bonds. The number of rotatable bonds is 4. The number of hydrogen-bond donors (Lipinski definition) is 1. The van der Waals surface area contributed by atoms with E-state index in [1.54, 1.807) is 12.1 Å². The van der Waals surface area contributed by atoms with Crippen LogP contribution in [0.4, 0.5) is 5.69 Å². The van der Waals surface area contributed by atoms with E-state index >= 15 is 0 Å². The molecule has 0 atom stereocenters. The van der Waals surface area contributed by atoms with E-state index in [4.69, 9.17) is 10.5 Å². The normalized spacial score (nSPS) is 10.1. The topological polar surface area (TPSA) is 57.2 Å². The zero-order chi connectivity index (χ0) is 10.6. The van der Waals surface area contributed by atoms with Gasteiger partial charge in [-0.15, -0.1) is 6.58 Å². The zero-order valence-electron chi connectivity index (χ0n) is 7.57. The first-order valence-corrected chi connectivity index (χ1v) is 4.78. The highest BCUT2D eigenvalue weighted by Crippen LogP contribution is 2.07. The molecule has 0 aliphatic heterocycles. The Morgan fingerprint density at radius 3 is 3.07 bits per heavy atom. The van der Waals surface area contributed by atoms with E-state index in [-0.39, 0.29) is 12.3 Å². The van der Waals surface area contributed by atoms with Gasteiger partial charge in [-0.2, -0.15) is 0 Å². The van der Waals surface area contributed by atoms with Crippen molar-refractivity contribution in [3.05, 3.63) is 39.7 Å². The highest BCUT2D eigenvalue weighted by Gasteiger charge is 2.01. The average Bonchev–Trinajstić information content (AvgIpc) is 2.13. The number of nitrogen functional groups attached to an aromatic ring is 1. The first-order chi connectivity index (χ1) is 6.65. The van der Waals surface area contributed by atoms with Crippen molar-refractivity contribution in [3.8, 4) is 0 Å². The fourth-order valence-electron chi connectivity index (χ4n) is 0.951. The van der Waals surface area contributed by atoms with Crippen molar-refractivity contribution >= 4 is 21.6 Å². The summed E-state index contributed by atoms with van der Waals surface area (Å²) in [6.45, 7) is 4.08. The van der Waals surface area contributed by atoms with Crippen LogP contribution in [0.15, 0.2) is 34.2 Å². The summed E-state index contributed by atoms with van der Waals surface area (Å²) >= 11 is 3.12. The molecule has 0 saturated heterocycles. The molecule has 0 aromatic carbocycles. The standard InChI is InChI=1S/C9H11BrN2O2/c1-2-3-14-6-12-5-7(11)4-8(10)9(12)13/h2,4-5H,1,3,6,11H2. The van der Waals surface area contributed by atoms with Gasteiger partial charge in [0.05, 0.1) is 11.1 Å². The SMILES string of the molecule is C=CCOCn1cc(N)cc(Br)c1=O. The third-order valence-electron chi connectivity index (χ3n) is 1.53. The number of pyridine rings is 1. The summed E-state index contributed by atoms with van der Waals surface area (Å²) in [5.74, 6) is 0. The molecule has 1 aromatic rings. The van der Waals surface area contributed by atoms with Gasteiger partial charge in [0.1, 0.15) is 6.73 Å². The summed E-state index contributed by atoms with van der Waals surface area (Å²) in [5, 5.41) is 0. The third-order valence-corrected chi connectivity index (χ3v) is 2.10. The van der Waals surface area contributed by atoms with Crippen LogP contribution in [0, 0.1) is 0 Å². The summed E-state index contributed by atoms with van der Waals surface area (Å²) < 4.78 is 6.95. The fourth-order valence-corrected chi connectivity index (χ4v) is 1.44. The Hall–Kier alpha value is -1.07. The van der Waals surface area contributed by atoms with Gasteiger partial charge in [0.25, 0.3) is 5.56 Å². The maximum atomic E-state index is 11.5. The van der Waals surface area contributed by atoms with Crippen molar-refractivity contribution in [2.75, 3.05) is 12.3 Å². The predicted octanol–water partition coefficient (Wildman–Crippen LogP) is 1.35. The van der Waals surface area contributed by atoms with Crippen molar-refractivity contribution in [2.45, 2.75) is 6.73 Å². The molecule has 1 heterocycles. The van der Waals surface area contributed by atoms with Crippen LogP contribution in [0.5, 0.6) is 0 Å². The van der Waals surface area contributed by atoms with Crippen LogP contribution >= 0.6 is 15.9 Å². The Bertz CT molecular complexity index is 387. The van der Waals surface area contributed by atoms with Gasteiger partial charge >= 0.3 is 0 Å². The van der Waals surface area contributed by atoms with Gasteiger partial charge in [-0.1, -0.05) is 6.08 Å². The van der Waals surface area contributed by atoms with Crippen molar-refractivity contribution in [2.24, 2.45) is 0 Å². The highest BCUT2D eigenvalue weighted by molar-refractivity contribution is 9.10. The molecule has 0 spiro atoms. The van der Waals surface area contributed by atoms with Gasteiger partial charge < -0.3 is 10.5 Å². The quantitative estimate of drug-likeness (QED) is 0.656. The van der Waals surface area contributed by atoms with E-state index in [9.17, 15) is 4.79 Å². The molecule has 76 valence electrons. The number of halogens is 1. The molecule has 0 radical (unpaired) electrons. The minimum absolute atomic E-state index is 0.164. The van der Waals surface area contributed by atoms with E-state index in [2.05, 4.69) is 22.5 Å². The van der Waals surface area contributed by atoms with Gasteiger partial charge in [0, 0.05) is 11.9 Å². The molecule has 0 saturated carbocycles. The Balaban J connectivity index is 2.85. The number of ether oxygens (including phenoxy) is 1. The van der Waals surface area contributed by atoms with Crippen molar-refractivity contribution in [1.29, 1.82) is 0 Å². The molecule has 0 aliphatic rings. The van der Waals surface area contributed by atoms with Crippen LogP contribution < -0.4 is 11.3 Å². The van der Waals surface area contributed by atoms with Crippen LogP contribution in [0.25, 0.3) is 0 Å². The minimum atomic E-state index is -0.164. The second-order valence-corrected chi connectivity index (χ2v) is 3.54. The summed E-state index contributed by atoms with van der Waals surface area (Å²) in [6, 6.07) is 1.56. The lowest BCUT2D eigenvalue weighted by molar-refractivity contribution is 0.0977. The van der Waals surface area contributed by atoms with Gasteiger partial charge in [-0.05, 0) is 22.0 Å². The number of anilines is 1. The molecule has 0 bridgehead atoms. The number of hydrogen-bond acceptors (Lipinski definition) is 3. The first-order valence-electron chi connectivity index (χ1n) is 3.99. The first kappa shape index (κ1) is 11.0. The summed E-state index contributed by atoms with van der Waals surface area (Å²) in [7, 11) is 0. The molecule has 1 aromatic heterocycles. The molecule has 0 fully saturated rings. The molecular weight excluding hydrogens is 248 g/mol. The second-order valence-electron chi connectivity index (χ2n) is 2.68. The van der Waals surface area contributed by atoms with Crippen molar-refractivity contribution < 1.29 is 4.74 Å². The van der Waals surface area contributed by atoms with E-state index < -0.39 is 0 Å². The van der Waals surface area contributed by atoms with Gasteiger partial charge in [0.15, 0.2) is 0 Å². The van der Waals surface area contributed by atoms with Crippen molar-refractivity contribution in [3.63, 3.8) is 0 Å². The molecule has 0 unspecified atom stereocenters. The highest BCUT2D eigenvalue weighted by atomic mass is 79.9. The molecule has 5 heteroatoms. The lowest BCUT2D eigenvalue weighted by atomic mass is 10.4. The molecule has 1 rings (SSSR count). The number of aromatic nitrogens is 1. The van der Waals surface area contributed by atoms with Crippen LogP contribution in [-0.2, 0) is 11.5 Å². The number of nitrogens with zero attached hydrogens (tertiary/aromatic N) is 1. The smallest absolute Gasteiger partial charge is 0.266 e. The van der Waals surface area contributed by atoms with Crippen LogP contribution in [0.3, 0.4) is 0 Å². The van der Waals surface area contributed by atoms with Gasteiger partial charge in [-0.3, -0.25) is 9.36 Å². The van der Waals surface area contributed by atoms with E-state index in [0.29, 0.717) is 16.8 Å². The summed E-state index contributed by atoms with van der Waals surface area (Å²) in [4.78, 5) is 11.5. The lowest BCUT2D eigenvalue weighted by Gasteiger charge is -2.06. The van der Waals surface area contributed by atoms with Crippen LogP contribution in [-0.4, -0.2) is 11.2 Å². The average molecular weight is 259 g/mol. The van der Waals surface area contributed by atoms with E-state index in [0.717, 1.165) is 0 Å². The molecule has 2 N–H and O–H groups in total. The molecule has 0 aliphatic carbocycles. The van der Waals surface area contributed by atoms with E-state index in [1.165, 1.54) is 10.8 Å². The minimum Gasteiger partial charge on any atom is -0.398 e. The van der Waals surface area contributed by atoms with Gasteiger partial charge in [-0.25, -0.2) is 0 Å². The predicted molar refractivity (Wildman–Crippen MR) is 59.0 cm³/mol. The summed E-state index contributed by atoms with van der Waals surface area (Å²) in [5.41, 5.74) is 5.92. The van der Waals surface area contributed by atoms with Crippen LogP contribution in [0.1, 0.15) is 0 Å². The Morgan fingerprint density at radius 1 is 1.71 bits per heavy atom. The number of nitrogens with two attached hydrogens (primary N) is 1. The van der Waals surface area contributed by atoms with Crippen LogP contribution in [0.2, 0.25) is 0 Å². The Morgan fingerprint density at radius 2 is 2.43 bits per heavy atom. The Kier molecular flexibility index (Phi) is 3.91. The molecule has 4 nitrogen and oxygen atoms in total. The Labute approximate surface area is 90.1 Å². The third kappa shape index (κ3) is 2.71. The molecular formula is C9H11BrN2O2. The largest absolute Gasteiger partial charge is 0.398 e. The van der Waals surface area contributed by atoms with Gasteiger partial charge in [0.2, 0.25) is 0 Å².